The molecule has 1 aromatic heterocycles. The van der Waals surface area contributed by atoms with Crippen LogP contribution in [0.1, 0.15) is 23.1 Å². The molecule has 0 saturated carbocycles. The van der Waals surface area contributed by atoms with Gasteiger partial charge < -0.3 is 0 Å². The first-order valence-electron chi connectivity index (χ1n) is 3.50. The Morgan fingerprint density at radius 3 is 2.60 bits per heavy atom. The Morgan fingerprint density at radius 1 is 1.40 bits per heavy atom. The van der Waals surface area contributed by atoms with Crippen molar-refractivity contribution in [3.63, 3.8) is 0 Å². The summed E-state index contributed by atoms with van der Waals surface area (Å²) in [5.41, 5.74) is 0. The minimum absolute atomic E-state index is 0.661. The molecule has 0 aliphatic rings. The summed E-state index contributed by atoms with van der Waals surface area (Å²) in [6.07, 6.45) is 2.42. The van der Waals surface area contributed by atoms with Crippen molar-refractivity contribution in [1.82, 2.24) is 0 Å². The summed E-state index contributed by atoms with van der Waals surface area (Å²) in [7, 11) is 0. The van der Waals surface area contributed by atoms with Crippen LogP contribution in [0, 0.1) is 0 Å². The molecule has 1 rings (SSSR count). The van der Waals surface area contributed by atoms with Crippen molar-refractivity contribution < 1.29 is 0 Å². The van der Waals surface area contributed by atoms with E-state index in [4.69, 9.17) is 11.6 Å². The quantitative estimate of drug-likeness (QED) is 0.616. The van der Waals surface area contributed by atoms with Gasteiger partial charge in [0.25, 0.3) is 0 Å². The summed E-state index contributed by atoms with van der Waals surface area (Å²) >= 11 is 7.48. The van der Waals surface area contributed by atoms with Gasteiger partial charge >= 0.3 is 0 Å². The van der Waals surface area contributed by atoms with Crippen molar-refractivity contribution in [2.75, 3.05) is 0 Å². The summed E-state index contributed by atoms with van der Waals surface area (Å²) < 4.78 is 0. The average Bonchev–Trinajstić information content (AvgIpc) is 2.37. The van der Waals surface area contributed by atoms with Gasteiger partial charge in [-0.15, -0.1) is 22.9 Å². The second-order valence-corrected chi connectivity index (χ2v) is 3.77. The molecular weight excluding hydrogens is 164 g/mol. The molecule has 0 saturated heterocycles. The van der Waals surface area contributed by atoms with E-state index in [1.54, 1.807) is 0 Å². The zero-order chi connectivity index (χ0) is 7.40. The minimum atomic E-state index is 0.661. The smallest absolute Gasteiger partial charge is 0.0568 e. The van der Waals surface area contributed by atoms with Gasteiger partial charge in [0.2, 0.25) is 0 Å². The zero-order valence-electron chi connectivity index (χ0n) is 6.06. The molecule has 0 amide bonds. The predicted molar refractivity (Wildman–Crippen MR) is 47.9 cm³/mol. The third kappa shape index (κ3) is 1.99. The van der Waals surface area contributed by atoms with Gasteiger partial charge in [-0.2, -0.15) is 0 Å². The van der Waals surface area contributed by atoms with Gasteiger partial charge in [0.05, 0.1) is 5.88 Å². The number of thiophene rings is 1. The van der Waals surface area contributed by atoms with E-state index in [1.807, 2.05) is 11.3 Å². The maximum Gasteiger partial charge on any atom is 0.0568 e. The van der Waals surface area contributed by atoms with E-state index in [2.05, 4.69) is 19.1 Å². The molecule has 1 heterocycles. The Balaban J connectivity index is 2.59. The highest BCUT2D eigenvalue weighted by molar-refractivity contribution is 7.12. The minimum Gasteiger partial charge on any atom is -0.144 e. The first-order chi connectivity index (χ1) is 4.86. The average molecular weight is 175 g/mol. The number of halogens is 1. The Morgan fingerprint density at radius 2 is 2.10 bits per heavy atom. The molecule has 0 N–H and O–H groups in total. The third-order valence-corrected chi connectivity index (χ3v) is 2.94. The second-order valence-electron chi connectivity index (χ2n) is 2.25. The summed E-state index contributed by atoms with van der Waals surface area (Å²) in [6.45, 7) is 2.19. The first kappa shape index (κ1) is 8.09. The second kappa shape index (κ2) is 3.99. The largest absolute Gasteiger partial charge is 0.144 e. The number of alkyl halides is 1. The topological polar surface area (TPSA) is 0 Å². The summed E-state index contributed by atoms with van der Waals surface area (Å²) in [5.74, 6) is 0.661. The van der Waals surface area contributed by atoms with Crippen LogP contribution in [0.15, 0.2) is 12.1 Å². The van der Waals surface area contributed by atoms with Crippen LogP contribution >= 0.6 is 22.9 Å². The first-order valence-corrected chi connectivity index (χ1v) is 4.85. The molecular formula is C8H11ClS. The molecule has 0 aliphatic heterocycles. The van der Waals surface area contributed by atoms with Crippen molar-refractivity contribution in [3.8, 4) is 0 Å². The lowest BCUT2D eigenvalue weighted by atomic mass is 10.3. The maximum absolute atomic E-state index is 5.65. The van der Waals surface area contributed by atoms with Gasteiger partial charge in [0.1, 0.15) is 0 Å². The highest BCUT2D eigenvalue weighted by Crippen LogP contribution is 2.19. The zero-order valence-corrected chi connectivity index (χ0v) is 7.63. The van der Waals surface area contributed by atoms with Crippen LogP contribution in [-0.2, 0) is 12.3 Å². The summed E-state index contributed by atoms with van der Waals surface area (Å²) in [4.78, 5) is 2.74. The van der Waals surface area contributed by atoms with Gasteiger partial charge in [-0.1, -0.05) is 13.3 Å². The molecule has 0 aromatic carbocycles. The monoisotopic (exact) mass is 174 g/mol. The van der Waals surface area contributed by atoms with Crippen LogP contribution in [0.3, 0.4) is 0 Å². The normalized spacial score (nSPS) is 10.2. The van der Waals surface area contributed by atoms with Crippen molar-refractivity contribution in [2.24, 2.45) is 0 Å². The molecule has 10 heavy (non-hydrogen) atoms. The Hall–Kier alpha value is -0.0100. The Kier molecular flexibility index (Phi) is 3.23. The van der Waals surface area contributed by atoms with Gasteiger partial charge in [0.15, 0.2) is 0 Å². The van der Waals surface area contributed by atoms with E-state index in [-0.39, 0.29) is 0 Å². The summed E-state index contributed by atoms with van der Waals surface area (Å²) in [6, 6.07) is 4.29. The van der Waals surface area contributed by atoms with Crippen molar-refractivity contribution in [1.29, 1.82) is 0 Å². The molecule has 56 valence electrons. The molecule has 2 heteroatoms. The van der Waals surface area contributed by atoms with Crippen molar-refractivity contribution in [2.45, 2.75) is 25.6 Å². The fourth-order valence-corrected chi connectivity index (χ4v) is 2.10. The fourth-order valence-electron chi connectivity index (χ4n) is 0.875. The lowest BCUT2D eigenvalue weighted by Crippen LogP contribution is -1.71. The van der Waals surface area contributed by atoms with Crippen LogP contribution < -0.4 is 0 Å². The number of aryl methyl sites for hydroxylation is 1. The molecule has 0 unspecified atom stereocenters. The van der Waals surface area contributed by atoms with Crippen LogP contribution in [-0.4, -0.2) is 0 Å². The number of rotatable bonds is 3. The third-order valence-electron chi connectivity index (χ3n) is 1.35. The van der Waals surface area contributed by atoms with Gasteiger partial charge in [-0.3, -0.25) is 0 Å². The van der Waals surface area contributed by atoms with E-state index >= 15 is 0 Å². The van der Waals surface area contributed by atoms with E-state index in [0.717, 1.165) is 0 Å². The highest BCUT2D eigenvalue weighted by atomic mass is 35.5. The fraction of sp³-hybridized carbons (Fsp3) is 0.500. The van der Waals surface area contributed by atoms with Gasteiger partial charge in [0, 0.05) is 9.75 Å². The predicted octanol–water partition coefficient (Wildman–Crippen LogP) is 3.44. The molecule has 0 radical (unpaired) electrons. The van der Waals surface area contributed by atoms with E-state index in [9.17, 15) is 0 Å². The molecule has 0 spiro atoms. The molecule has 0 fully saturated rings. The van der Waals surface area contributed by atoms with E-state index in [0.29, 0.717) is 5.88 Å². The molecule has 0 nitrogen and oxygen atoms in total. The summed E-state index contributed by atoms with van der Waals surface area (Å²) in [5, 5.41) is 0. The van der Waals surface area contributed by atoms with Gasteiger partial charge in [-0.05, 0) is 18.6 Å². The number of hydrogen-bond acceptors (Lipinski definition) is 1. The lowest BCUT2D eigenvalue weighted by Gasteiger charge is -1.87. The molecule has 0 bridgehead atoms. The molecule has 1 aromatic rings. The molecule has 0 atom stereocenters. The highest BCUT2D eigenvalue weighted by Gasteiger charge is 1.96. The van der Waals surface area contributed by atoms with Crippen LogP contribution in [0.5, 0.6) is 0 Å². The number of hydrogen-bond donors (Lipinski definition) is 0. The standard InChI is InChI=1S/C8H11ClS/c1-2-3-7-4-5-8(6-9)10-7/h4-5H,2-3,6H2,1H3. The van der Waals surface area contributed by atoms with Gasteiger partial charge in [-0.25, -0.2) is 0 Å². The Labute approximate surface area is 70.8 Å². The van der Waals surface area contributed by atoms with Crippen molar-refractivity contribution >= 4 is 22.9 Å². The van der Waals surface area contributed by atoms with E-state index in [1.165, 1.54) is 22.6 Å². The van der Waals surface area contributed by atoms with Crippen molar-refractivity contribution in [3.05, 3.63) is 21.9 Å². The molecule has 0 aliphatic carbocycles. The maximum atomic E-state index is 5.65. The van der Waals surface area contributed by atoms with Crippen LogP contribution in [0.4, 0.5) is 0 Å². The lowest BCUT2D eigenvalue weighted by molar-refractivity contribution is 0.940. The van der Waals surface area contributed by atoms with E-state index < -0.39 is 0 Å². The SMILES string of the molecule is CCCc1ccc(CCl)s1. The van der Waals surface area contributed by atoms with Crippen LogP contribution in [0.25, 0.3) is 0 Å². The Bertz CT molecular complexity index is 193. The van der Waals surface area contributed by atoms with Crippen LogP contribution in [0.2, 0.25) is 0 Å².